The number of carbonyl (C=O) groups excluding carboxylic acids is 1. The Labute approximate surface area is 154 Å². The summed E-state index contributed by atoms with van der Waals surface area (Å²) in [6.07, 6.45) is 3.47. The highest BCUT2D eigenvalue weighted by Gasteiger charge is 2.28. The van der Waals surface area contributed by atoms with Crippen LogP contribution < -0.4 is 10.0 Å². The second kappa shape index (κ2) is 6.61. The van der Waals surface area contributed by atoms with Crippen molar-refractivity contribution in [3.05, 3.63) is 71.3 Å². The van der Waals surface area contributed by atoms with Gasteiger partial charge in [-0.1, -0.05) is 36.4 Å². The molecule has 1 aliphatic rings. The number of carbonyl (C=O) groups is 1. The Balaban J connectivity index is 2.04. The second-order valence-corrected chi connectivity index (χ2v) is 8.97. The highest BCUT2D eigenvalue weighted by molar-refractivity contribution is 7.92. The van der Waals surface area contributed by atoms with Crippen molar-refractivity contribution >= 4 is 27.2 Å². The summed E-state index contributed by atoms with van der Waals surface area (Å²) in [7, 11) is -3.37. The van der Waals surface area contributed by atoms with Crippen LogP contribution in [0.25, 0.3) is 5.70 Å². The minimum absolute atomic E-state index is 0.0989. The van der Waals surface area contributed by atoms with Gasteiger partial charge in [-0.2, -0.15) is 0 Å². The maximum absolute atomic E-state index is 12.6. The molecule has 0 bridgehead atoms. The summed E-state index contributed by atoms with van der Waals surface area (Å²) in [5.41, 5.74) is 3.48. The lowest BCUT2D eigenvalue weighted by Crippen LogP contribution is -2.43. The van der Waals surface area contributed by atoms with E-state index in [-0.39, 0.29) is 11.3 Å². The Morgan fingerprint density at radius 1 is 1.15 bits per heavy atom. The predicted octanol–water partition coefficient (Wildman–Crippen LogP) is 3.21. The van der Waals surface area contributed by atoms with Crippen molar-refractivity contribution in [3.8, 4) is 0 Å². The van der Waals surface area contributed by atoms with E-state index in [1.807, 2.05) is 24.3 Å². The van der Waals surface area contributed by atoms with E-state index in [2.05, 4.69) is 23.9 Å². The van der Waals surface area contributed by atoms with Gasteiger partial charge in [0.25, 0.3) is 0 Å². The van der Waals surface area contributed by atoms with E-state index in [1.54, 1.807) is 30.3 Å². The summed E-state index contributed by atoms with van der Waals surface area (Å²) in [4.78, 5) is 12.6. The molecule has 0 aromatic heterocycles. The highest BCUT2D eigenvalue weighted by atomic mass is 32.2. The molecule has 2 N–H and O–H groups in total. The molecule has 2 aromatic carbocycles. The molecule has 136 valence electrons. The summed E-state index contributed by atoms with van der Waals surface area (Å²) >= 11 is 0. The highest BCUT2D eigenvalue weighted by Crippen LogP contribution is 2.32. The molecular formula is C20H22N2O3S. The number of anilines is 1. The van der Waals surface area contributed by atoms with Crippen molar-refractivity contribution < 1.29 is 13.2 Å². The zero-order valence-electron chi connectivity index (χ0n) is 15.0. The largest absolute Gasteiger partial charge is 0.379 e. The number of sulfonamides is 1. The molecule has 0 amide bonds. The Morgan fingerprint density at radius 2 is 1.85 bits per heavy atom. The van der Waals surface area contributed by atoms with Gasteiger partial charge in [0.2, 0.25) is 10.0 Å². The van der Waals surface area contributed by atoms with Gasteiger partial charge >= 0.3 is 0 Å². The van der Waals surface area contributed by atoms with E-state index in [0.717, 1.165) is 23.8 Å². The number of ketones is 1. The average molecular weight is 370 g/mol. The number of hydrogen-bond donors (Lipinski definition) is 2. The maximum atomic E-state index is 12.6. The molecule has 0 aliphatic carbocycles. The van der Waals surface area contributed by atoms with Crippen molar-refractivity contribution in [2.45, 2.75) is 25.8 Å². The van der Waals surface area contributed by atoms with Crippen molar-refractivity contribution in [3.63, 3.8) is 0 Å². The van der Waals surface area contributed by atoms with Crippen molar-refractivity contribution in [1.82, 2.24) is 5.32 Å². The first kappa shape index (κ1) is 18.2. The molecule has 2 aromatic rings. The van der Waals surface area contributed by atoms with Crippen molar-refractivity contribution in [1.29, 1.82) is 0 Å². The third-order valence-electron chi connectivity index (χ3n) is 4.14. The van der Waals surface area contributed by atoms with E-state index in [9.17, 15) is 13.2 Å². The van der Waals surface area contributed by atoms with Crippen LogP contribution in [0.1, 0.15) is 35.3 Å². The van der Waals surface area contributed by atoms with Gasteiger partial charge in [-0.15, -0.1) is 0 Å². The molecule has 3 rings (SSSR count). The Bertz CT molecular complexity index is 977. The minimum Gasteiger partial charge on any atom is -0.379 e. The number of fused-ring (bicyclic) bond motifs is 1. The molecule has 1 heterocycles. The van der Waals surface area contributed by atoms with Gasteiger partial charge in [0.15, 0.2) is 5.78 Å². The van der Waals surface area contributed by atoms with E-state index < -0.39 is 10.0 Å². The molecule has 6 heteroatoms. The van der Waals surface area contributed by atoms with Crippen LogP contribution in [0.4, 0.5) is 5.69 Å². The molecule has 0 saturated carbocycles. The van der Waals surface area contributed by atoms with Gasteiger partial charge in [-0.3, -0.25) is 9.52 Å². The molecule has 0 radical (unpaired) electrons. The Morgan fingerprint density at radius 3 is 2.50 bits per heavy atom. The lowest BCUT2D eigenvalue weighted by molar-refractivity contribution is 0.104. The number of benzene rings is 2. The summed E-state index contributed by atoms with van der Waals surface area (Å²) in [6, 6.07) is 14.5. The van der Waals surface area contributed by atoms with E-state index >= 15 is 0 Å². The van der Waals surface area contributed by atoms with Crippen LogP contribution >= 0.6 is 0 Å². The molecule has 5 nitrogen and oxygen atoms in total. The average Bonchev–Trinajstić information content (AvgIpc) is 2.54. The van der Waals surface area contributed by atoms with Gasteiger partial charge in [-0.05, 0) is 38.0 Å². The number of rotatable bonds is 4. The Hall–Kier alpha value is -2.60. The fourth-order valence-electron chi connectivity index (χ4n) is 3.14. The van der Waals surface area contributed by atoms with E-state index in [4.69, 9.17) is 0 Å². The lowest BCUT2D eigenvalue weighted by Gasteiger charge is -2.36. The molecule has 0 unspecified atom stereocenters. The zero-order chi connectivity index (χ0) is 18.9. The fraction of sp³-hybridized carbons (Fsp3) is 0.250. The quantitative estimate of drug-likeness (QED) is 0.640. The molecule has 0 atom stereocenters. The number of allylic oxidation sites excluding steroid dienone is 1. The van der Waals surface area contributed by atoms with Gasteiger partial charge in [0.05, 0.1) is 6.26 Å². The zero-order valence-corrected chi connectivity index (χ0v) is 15.9. The van der Waals surface area contributed by atoms with E-state index in [0.29, 0.717) is 16.9 Å². The van der Waals surface area contributed by atoms with Crippen molar-refractivity contribution in [2.24, 2.45) is 0 Å². The van der Waals surface area contributed by atoms with Crippen LogP contribution in [0.15, 0.2) is 54.6 Å². The van der Waals surface area contributed by atoms with Gasteiger partial charge in [0, 0.05) is 34.1 Å². The normalized spacial score (nSPS) is 17.3. The Kier molecular flexibility index (Phi) is 4.63. The summed E-state index contributed by atoms with van der Waals surface area (Å²) in [5.74, 6) is -0.0989. The molecule has 1 aliphatic heterocycles. The van der Waals surface area contributed by atoms with Crippen LogP contribution in [0.3, 0.4) is 0 Å². The SMILES string of the molecule is CC1(C)Cc2ccc(NS(C)(=O)=O)cc2/C(=C/C(=O)c2ccccc2)N1. The number of nitrogens with one attached hydrogen (secondary N) is 2. The summed E-state index contributed by atoms with van der Waals surface area (Å²) in [5, 5.41) is 3.40. The summed E-state index contributed by atoms with van der Waals surface area (Å²) < 4.78 is 25.5. The van der Waals surface area contributed by atoms with Crippen LogP contribution in [0, 0.1) is 0 Å². The molecule has 0 fully saturated rings. The third kappa shape index (κ3) is 4.32. The van der Waals surface area contributed by atoms with Gasteiger partial charge in [0.1, 0.15) is 0 Å². The lowest BCUT2D eigenvalue weighted by atomic mass is 9.85. The monoisotopic (exact) mass is 370 g/mol. The molecule has 0 saturated heterocycles. The van der Waals surface area contributed by atoms with Gasteiger partial charge in [-0.25, -0.2) is 8.42 Å². The van der Waals surface area contributed by atoms with Gasteiger partial charge < -0.3 is 5.32 Å². The first-order valence-corrected chi connectivity index (χ1v) is 10.2. The summed E-state index contributed by atoms with van der Waals surface area (Å²) in [6.45, 7) is 4.14. The second-order valence-electron chi connectivity index (χ2n) is 7.22. The van der Waals surface area contributed by atoms with Crippen molar-refractivity contribution in [2.75, 3.05) is 11.0 Å². The van der Waals surface area contributed by atoms with Crippen LogP contribution in [0.2, 0.25) is 0 Å². The van der Waals surface area contributed by atoms with Crippen LogP contribution in [0.5, 0.6) is 0 Å². The molecule has 26 heavy (non-hydrogen) atoms. The van der Waals surface area contributed by atoms with E-state index in [1.165, 1.54) is 0 Å². The fourth-order valence-corrected chi connectivity index (χ4v) is 3.70. The molecule has 0 spiro atoms. The standard InChI is InChI=1S/C20H22N2O3S/c1-20(2)13-15-9-10-16(22-26(3,24)25)11-17(15)18(21-20)12-19(23)14-7-5-4-6-8-14/h4-12,21-22H,13H2,1-3H3/b18-12-. The smallest absolute Gasteiger partial charge is 0.229 e. The topological polar surface area (TPSA) is 75.3 Å². The maximum Gasteiger partial charge on any atom is 0.229 e. The van der Waals surface area contributed by atoms with Crippen LogP contribution in [-0.4, -0.2) is 26.0 Å². The molecular weight excluding hydrogens is 348 g/mol. The predicted molar refractivity (Wildman–Crippen MR) is 105 cm³/mol. The first-order valence-electron chi connectivity index (χ1n) is 8.33. The third-order valence-corrected chi connectivity index (χ3v) is 4.75. The van der Waals surface area contributed by atoms with Crippen LogP contribution in [-0.2, 0) is 16.4 Å². The minimum atomic E-state index is -3.37. The number of hydrogen-bond acceptors (Lipinski definition) is 4. The first-order chi connectivity index (χ1) is 12.1.